The van der Waals surface area contributed by atoms with Crippen molar-refractivity contribution in [1.82, 2.24) is 0 Å². The molecule has 0 aliphatic heterocycles. The van der Waals surface area contributed by atoms with Crippen molar-refractivity contribution < 1.29 is 0 Å². The SMILES string of the molecule is CCCCC1(CCCC)c2cc(Nc3ccccc3)ccc2-c2ccc(-c3cccc(-c4ccc5c(c4)C(CCCC)(CCCC)c4cc(Nc6ccccc6)ccc4-5)c3)cc21. The molecule has 2 N–H and O–H groups in total. The van der Waals surface area contributed by atoms with Crippen LogP contribution in [-0.2, 0) is 10.8 Å². The van der Waals surface area contributed by atoms with Crippen molar-refractivity contribution in [3.05, 3.63) is 180 Å². The molecule has 0 bridgehead atoms. The summed E-state index contributed by atoms with van der Waals surface area (Å²) >= 11 is 0. The number of para-hydroxylation sites is 2. The first-order valence-electron chi connectivity index (χ1n) is 23.8. The first-order chi connectivity index (χ1) is 30.5. The number of anilines is 4. The van der Waals surface area contributed by atoms with E-state index in [1.54, 1.807) is 0 Å². The molecule has 9 rings (SSSR count). The molecule has 62 heavy (non-hydrogen) atoms. The van der Waals surface area contributed by atoms with Gasteiger partial charge in [-0.3, -0.25) is 0 Å². The maximum absolute atomic E-state index is 3.72. The van der Waals surface area contributed by atoms with E-state index >= 15 is 0 Å². The lowest BCUT2D eigenvalue weighted by molar-refractivity contribution is 0.414. The second-order valence-electron chi connectivity index (χ2n) is 18.2. The smallest absolute Gasteiger partial charge is 0.0387 e. The summed E-state index contributed by atoms with van der Waals surface area (Å²) < 4.78 is 0. The van der Waals surface area contributed by atoms with E-state index in [0.717, 1.165) is 11.4 Å². The highest BCUT2D eigenvalue weighted by atomic mass is 14.9. The van der Waals surface area contributed by atoms with Gasteiger partial charge in [-0.1, -0.05) is 170 Å². The van der Waals surface area contributed by atoms with Crippen LogP contribution in [0.4, 0.5) is 22.7 Å². The highest BCUT2D eigenvalue weighted by Gasteiger charge is 2.44. The summed E-state index contributed by atoms with van der Waals surface area (Å²) in [6.45, 7) is 9.37. The molecule has 0 heterocycles. The number of benzene rings is 7. The molecule has 314 valence electrons. The standard InChI is InChI=1S/C60H64N2/c1-5-9-34-59(35-10-6-2)55-39-45(26-30-51(55)53-32-28-49(41-57(53)59)61-47-22-15-13-16-23-47)43-20-19-21-44(38-43)46-27-31-52-54-33-29-50(62-48-24-17-14-18-25-48)42-58(54)60(36-11-7-3,37-12-8-4)56(52)40-46/h13-33,38-42,61-62H,5-12,34-37H2,1-4H3. The van der Waals surface area contributed by atoms with Crippen molar-refractivity contribution >= 4 is 22.7 Å². The number of nitrogens with one attached hydrogen (secondary N) is 2. The summed E-state index contributed by atoms with van der Waals surface area (Å²) in [7, 11) is 0. The Kier molecular flexibility index (Phi) is 12.2. The zero-order valence-electron chi connectivity index (χ0n) is 37.5. The van der Waals surface area contributed by atoms with Gasteiger partial charge in [-0.15, -0.1) is 0 Å². The molecular formula is C60H64N2. The van der Waals surface area contributed by atoms with Gasteiger partial charge < -0.3 is 10.6 Å². The van der Waals surface area contributed by atoms with Gasteiger partial charge in [-0.05, 0) is 159 Å². The third kappa shape index (κ3) is 7.78. The summed E-state index contributed by atoms with van der Waals surface area (Å²) in [6, 6.07) is 59.6. The fourth-order valence-electron chi connectivity index (χ4n) is 11.0. The number of rotatable bonds is 18. The van der Waals surface area contributed by atoms with Crippen molar-refractivity contribution in [2.75, 3.05) is 10.6 Å². The second-order valence-corrected chi connectivity index (χ2v) is 18.2. The molecular weight excluding hydrogens is 749 g/mol. The summed E-state index contributed by atoms with van der Waals surface area (Å²) in [4.78, 5) is 0. The van der Waals surface area contributed by atoms with E-state index < -0.39 is 0 Å². The minimum atomic E-state index is -0.00946. The normalized spacial score (nSPS) is 13.9. The molecule has 0 amide bonds. The molecule has 0 fully saturated rings. The van der Waals surface area contributed by atoms with Crippen LogP contribution in [0.25, 0.3) is 44.5 Å². The Bertz CT molecular complexity index is 2440. The number of unbranched alkanes of at least 4 members (excludes halogenated alkanes) is 4. The molecule has 0 radical (unpaired) electrons. The van der Waals surface area contributed by atoms with Gasteiger partial charge >= 0.3 is 0 Å². The van der Waals surface area contributed by atoms with Gasteiger partial charge in [0.1, 0.15) is 0 Å². The molecule has 2 aliphatic rings. The van der Waals surface area contributed by atoms with Crippen molar-refractivity contribution in [2.24, 2.45) is 0 Å². The van der Waals surface area contributed by atoms with Crippen LogP contribution in [-0.4, -0.2) is 0 Å². The van der Waals surface area contributed by atoms with Gasteiger partial charge in [0.15, 0.2) is 0 Å². The molecule has 0 atom stereocenters. The largest absolute Gasteiger partial charge is 0.356 e. The zero-order chi connectivity index (χ0) is 42.5. The van der Waals surface area contributed by atoms with E-state index in [4.69, 9.17) is 0 Å². The molecule has 0 saturated heterocycles. The van der Waals surface area contributed by atoms with Crippen molar-refractivity contribution in [3.8, 4) is 44.5 Å². The molecule has 0 unspecified atom stereocenters. The van der Waals surface area contributed by atoms with Gasteiger partial charge in [0.2, 0.25) is 0 Å². The minimum absolute atomic E-state index is 0.00946. The predicted molar refractivity (Wildman–Crippen MR) is 267 cm³/mol. The summed E-state index contributed by atoms with van der Waals surface area (Å²) in [5, 5.41) is 7.45. The van der Waals surface area contributed by atoms with Crippen molar-refractivity contribution in [1.29, 1.82) is 0 Å². The number of fused-ring (bicyclic) bond motifs is 6. The summed E-state index contributed by atoms with van der Waals surface area (Å²) in [5.74, 6) is 0. The molecule has 2 nitrogen and oxygen atoms in total. The Morgan fingerprint density at radius 3 is 1.02 bits per heavy atom. The number of hydrogen-bond acceptors (Lipinski definition) is 2. The van der Waals surface area contributed by atoms with E-state index in [-0.39, 0.29) is 10.8 Å². The van der Waals surface area contributed by atoms with Gasteiger partial charge in [0, 0.05) is 33.6 Å². The highest BCUT2D eigenvalue weighted by molar-refractivity contribution is 5.88. The summed E-state index contributed by atoms with van der Waals surface area (Å²) in [6.07, 6.45) is 14.3. The monoisotopic (exact) mass is 813 g/mol. The Morgan fingerprint density at radius 1 is 0.306 bits per heavy atom. The maximum Gasteiger partial charge on any atom is 0.0387 e. The van der Waals surface area contributed by atoms with Gasteiger partial charge in [0.25, 0.3) is 0 Å². The molecule has 7 aromatic rings. The van der Waals surface area contributed by atoms with Gasteiger partial charge in [-0.25, -0.2) is 0 Å². The van der Waals surface area contributed by atoms with Crippen LogP contribution in [0.1, 0.15) is 127 Å². The van der Waals surface area contributed by atoms with E-state index in [1.807, 2.05) is 0 Å². The van der Waals surface area contributed by atoms with Gasteiger partial charge in [0.05, 0.1) is 0 Å². The molecule has 0 spiro atoms. The first-order valence-corrected chi connectivity index (χ1v) is 23.8. The Labute approximate surface area is 371 Å². The molecule has 2 aliphatic carbocycles. The van der Waals surface area contributed by atoms with Crippen LogP contribution in [0, 0.1) is 0 Å². The van der Waals surface area contributed by atoms with E-state index in [1.165, 1.54) is 155 Å². The minimum Gasteiger partial charge on any atom is -0.356 e. The van der Waals surface area contributed by atoms with Crippen LogP contribution in [0.5, 0.6) is 0 Å². The third-order valence-electron chi connectivity index (χ3n) is 14.2. The number of hydrogen-bond donors (Lipinski definition) is 2. The maximum atomic E-state index is 3.72. The zero-order valence-corrected chi connectivity index (χ0v) is 37.5. The second kappa shape index (κ2) is 18.2. The van der Waals surface area contributed by atoms with Crippen LogP contribution >= 0.6 is 0 Å². The lowest BCUT2D eigenvalue weighted by atomic mass is 9.70. The lowest BCUT2D eigenvalue weighted by Crippen LogP contribution is -2.25. The third-order valence-corrected chi connectivity index (χ3v) is 14.2. The molecule has 0 aromatic heterocycles. The Hall–Kier alpha value is -5.86. The predicted octanol–water partition coefficient (Wildman–Crippen LogP) is 17.8. The molecule has 2 heteroatoms. The quantitative estimate of drug-likeness (QED) is 0.0902. The van der Waals surface area contributed by atoms with E-state index in [9.17, 15) is 0 Å². The topological polar surface area (TPSA) is 24.1 Å². The first kappa shape index (κ1) is 41.5. The average molecular weight is 813 g/mol. The van der Waals surface area contributed by atoms with Crippen LogP contribution in [0.2, 0.25) is 0 Å². The molecule has 0 saturated carbocycles. The molecule has 7 aromatic carbocycles. The van der Waals surface area contributed by atoms with Gasteiger partial charge in [-0.2, -0.15) is 0 Å². The fourth-order valence-corrected chi connectivity index (χ4v) is 11.0. The van der Waals surface area contributed by atoms with Crippen molar-refractivity contribution in [2.45, 2.75) is 116 Å². The Balaban J connectivity index is 1.10. The van der Waals surface area contributed by atoms with Crippen molar-refractivity contribution in [3.63, 3.8) is 0 Å². The Morgan fingerprint density at radius 2 is 0.645 bits per heavy atom. The van der Waals surface area contributed by atoms with Crippen LogP contribution in [0.15, 0.2) is 158 Å². The van der Waals surface area contributed by atoms with Crippen LogP contribution in [0.3, 0.4) is 0 Å². The van der Waals surface area contributed by atoms with Crippen LogP contribution < -0.4 is 10.6 Å². The van der Waals surface area contributed by atoms with E-state index in [2.05, 4.69) is 196 Å². The summed E-state index contributed by atoms with van der Waals surface area (Å²) in [5.41, 5.74) is 21.4. The highest BCUT2D eigenvalue weighted by Crippen LogP contribution is 2.57. The fraction of sp³-hybridized carbons (Fsp3) is 0.300. The lowest BCUT2D eigenvalue weighted by Gasteiger charge is -2.33. The average Bonchev–Trinajstić information content (AvgIpc) is 3.74. The van der Waals surface area contributed by atoms with E-state index in [0.29, 0.717) is 0 Å².